The third-order valence-corrected chi connectivity index (χ3v) is 6.73. The van der Waals surface area contributed by atoms with Gasteiger partial charge in [-0.05, 0) is 48.6 Å². The van der Waals surface area contributed by atoms with Gasteiger partial charge in [-0.3, -0.25) is 14.6 Å². The number of carbonyl (C=O) groups is 2. The number of ether oxygens (including phenoxy) is 1. The molecule has 1 aromatic heterocycles. The van der Waals surface area contributed by atoms with Gasteiger partial charge in [-0.25, -0.2) is 0 Å². The van der Waals surface area contributed by atoms with Crippen LogP contribution in [0, 0.1) is 5.92 Å². The summed E-state index contributed by atoms with van der Waals surface area (Å²) in [5.41, 5.74) is 1.57. The van der Waals surface area contributed by atoms with E-state index < -0.39 is 12.1 Å². The van der Waals surface area contributed by atoms with E-state index in [0.717, 1.165) is 35.7 Å². The summed E-state index contributed by atoms with van der Waals surface area (Å²) in [5, 5.41) is 3.24. The molecule has 1 fully saturated rings. The molecule has 170 valence electrons. The normalized spacial score (nSPS) is 21.6. The van der Waals surface area contributed by atoms with Crippen LogP contribution in [0.4, 0.5) is 0 Å². The number of halogens is 1. The van der Waals surface area contributed by atoms with Gasteiger partial charge in [-0.1, -0.05) is 55.1 Å². The molecule has 4 rings (SSSR count). The van der Waals surface area contributed by atoms with Crippen LogP contribution >= 0.6 is 15.9 Å². The molecule has 0 bridgehead atoms. The smallest absolute Gasteiger partial charge is 0.265 e. The second-order valence-corrected chi connectivity index (χ2v) is 9.95. The number of carbonyl (C=O) groups excluding carboxylic acids is 2. The SMILES string of the molecule is CC(C)C1Oc2ccc(Br)cc2C(C(=O)NC2CCCCC2)N(Cc2cccnc2)C1=O. The minimum atomic E-state index is -0.777. The van der Waals surface area contributed by atoms with Gasteiger partial charge in [0.1, 0.15) is 11.8 Å². The second kappa shape index (κ2) is 10.0. The first-order chi connectivity index (χ1) is 15.4. The lowest BCUT2D eigenvalue weighted by Crippen LogP contribution is -2.49. The molecule has 2 unspecified atom stereocenters. The Morgan fingerprint density at radius 1 is 1.25 bits per heavy atom. The number of aromatic nitrogens is 1. The Bertz CT molecular complexity index is 960. The summed E-state index contributed by atoms with van der Waals surface area (Å²) in [6.45, 7) is 4.21. The Morgan fingerprint density at radius 3 is 2.72 bits per heavy atom. The van der Waals surface area contributed by atoms with Crippen molar-refractivity contribution in [3.05, 3.63) is 58.3 Å². The third kappa shape index (κ3) is 4.98. The van der Waals surface area contributed by atoms with Crippen LogP contribution in [0.1, 0.15) is 63.1 Å². The molecule has 1 aliphatic carbocycles. The van der Waals surface area contributed by atoms with Gasteiger partial charge in [-0.2, -0.15) is 0 Å². The lowest BCUT2D eigenvalue weighted by Gasteiger charge is -2.33. The second-order valence-electron chi connectivity index (χ2n) is 9.04. The number of pyridine rings is 1. The fourth-order valence-electron chi connectivity index (χ4n) is 4.57. The van der Waals surface area contributed by atoms with Gasteiger partial charge in [0.25, 0.3) is 5.91 Å². The van der Waals surface area contributed by atoms with E-state index in [9.17, 15) is 9.59 Å². The highest BCUT2D eigenvalue weighted by molar-refractivity contribution is 9.10. The molecule has 1 aromatic carbocycles. The van der Waals surface area contributed by atoms with E-state index in [0.29, 0.717) is 11.3 Å². The highest BCUT2D eigenvalue weighted by Crippen LogP contribution is 2.38. The largest absolute Gasteiger partial charge is 0.480 e. The predicted octanol–water partition coefficient (Wildman–Crippen LogP) is 4.78. The van der Waals surface area contributed by atoms with Gasteiger partial charge >= 0.3 is 0 Å². The zero-order valence-corrected chi connectivity index (χ0v) is 20.2. The summed E-state index contributed by atoms with van der Waals surface area (Å²) < 4.78 is 7.06. The highest BCUT2D eigenvalue weighted by Gasteiger charge is 2.42. The molecule has 7 heteroatoms. The number of hydrogen-bond acceptors (Lipinski definition) is 4. The minimum Gasteiger partial charge on any atom is -0.480 e. The number of hydrogen-bond donors (Lipinski definition) is 1. The van der Waals surface area contributed by atoms with Gasteiger partial charge < -0.3 is 15.0 Å². The molecule has 0 saturated heterocycles. The molecule has 2 heterocycles. The summed E-state index contributed by atoms with van der Waals surface area (Å²) in [5.74, 6) is 0.203. The van der Waals surface area contributed by atoms with Crippen LogP contribution in [0.2, 0.25) is 0 Å². The Hall–Kier alpha value is -2.41. The molecule has 6 nitrogen and oxygen atoms in total. The maximum atomic E-state index is 13.7. The monoisotopic (exact) mass is 499 g/mol. The minimum absolute atomic E-state index is 0.0458. The molecule has 2 amide bonds. The molecule has 0 radical (unpaired) electrons. The standard InChI is InChI=1S/C25H30BrN3O3/c1-16(2)23-25(31)29(15-17-7-6-12-27-14-17)22(20-13-18(26)10-11-21(20)32-23)24(30)28-19-8-4-3-5-9-19/h6-7,10-14,16,19,22-23H,3-5,8-9,15H2,1-2H3,(H,28,30). The van der Waals surface area contributed by atoms with Crippen molar-refractivity contribution >= 4 is 27.7 Å². The lowest BCUT2D eigenvalue weighted by atomic mass is 9.94. The topological polar surface area (TPSA) is 71.5 Å². The number of benzene rings is 1. The number of fused-ring (bicyclic) bond motifs is 1. The van der Waals surface area contributed by atoms with Crippen LogP contribution in [0.25, 0.3) is 0 Å². The average molecular weight is 500 g/mol. The van der Waals surface area contributed by atoms with Crippen LogP contribution in [0.5, 0.6) is 5.75 Å². The molecular weight excluding hydrogens is 470 g/mol. The fourth-order valence-corrected chi connectivity index (χ4v) is 4.95. The molecule has 0 spiro atoms. The Morgan fingerprint density at radius 2 is 2.03 bits per heavy atom. The van der Waals surface area contributed by atoms with Gasteiger partial charge in [-0.15, -0.1) is 0 Å². The van der Waals surface area contributed by atoms with Crippen molar-refractivity contribution in [2.45, 2.75) is 70.7 Å². The summed E-state index contributed by atoms with van der Waals surface area (Å²) in [6.07, 6.45) is 8.18. The van der Waals surface area contributed by atoms with Crippen molar-refractivity contribution in [2.75, 3.05) is 0 Å². The van der Waals surface area contributed by atoms with Crippen molar-refractivity contribution in [2.24, 2.45) is 5.92 Å². The molecule has 1 N–H and O–H groups in total. The van der Waals surface area contributed by atoms with Crippen LogP contribution < -0.4 is 10.1 Å². The number of amides is 2. The summed E-state index contributed by atoms with van der Waals surface area (Å²) >= 11 is 3.54. The molecule has 1 saturated carbocycles. The zero-order valence-electron chi connectivity index (χ0n) is 18.6. The van der Waals surface area contributed by atoms with E-state index in [1.54, 1.807) is 17.3 Å². The molecule has 1 aliphatic heterocycles. The van der Waals surface area contributed by atoms with E-state index in [4.69, 9.17) is 4.74 Å². The average Bonchev–Trinajstić information content (AvgIpc) is 2.90. The van der Waals surface area contributed by atoms with Crippen molar-refractivity contribution < 1.29 is 14.3 Å². The van der Waals surface area contributed by atoms with Crippen LogP contribution in [-0.2, 0) is 16.1 Å². The van der Waals surface area contributed by atoms with E-state index in [1.807, 2.05) is 44.2 Å². The van der Waals surface area contributed by atoms with Crippen molar-refractivity contribution in [1.29, 1.82) is 0 Å². The van der Waals surface area contributed by atoms with Gasteiger partial charge in [0.05, 0.1) is 0 Å². The first kappa shape index (κ1) is 22.8. The molecule has 2 aliphatic rings. The van der Waals surface area contributed by atoms with Crippen LogP contribution in [0.3, 0.4) is 0 Å². The van der Waals surface area contributed by atoms with Gasteiger partial charge in [0, 0.05) is 35.0 Å². The lowest BCUT2D eigenvalue weighted by molar-refractivity contribution is -0.147. The van der Waals surface area contributed by atoms with Crippen LogP contribution in [-0.4, -0.2) is 33.8 Å². The molecule has 2 atom stereocenters. The van der Waals surface area contributed by atoms with E-state index in [2.05, 4.69) is 26.2 Å². The quantitative estimate of drug-likeness (QED) is 0.642. The predicted molar refractivity (Wildman–Crippen MR) is 126 cm³/mol. The van der Waals surface area contributed by atoms with E-state index in [-0.39, 0.29) is 30.3 Å². The van der Waals surface area contributed by atoms with Crippen LogP contribution in [0.15, 0.2) is 47.2 Å². The maximum Gasteiger partial charge on any atom is 0.265 e. The Labute approximate surface area is 197 Å². The number of rotatable bonds is 5. The molecule has 2 aromatic rings. The number of nitrogens with one attached hydrogen (secondary N) is 1. The van der Waals surface area contributed by atoms with Gasteiger partial charge in [0.15, 0.2) is 6.10 Å². The number of nitrogens with zero attached hydrogens (tertiary/aromatic N) is 2. The Balaban J connectivity index is 1.77. The van der Waals surface area contributed by atoms with Crippen molar-refractivity contribution in [1.82, 2.24) is 15.2 Å². The van der Waals surface area contributed by atoms with Crippen molar-refractivity contribution in [3.8, 4) is 5.75 Å². The first-order valence-electron chi connectivity index (χ1n) is 11.4. The van der Waals surface area contributed by atoms with Gasteiger partial charge in [0.2, 0.25) is 5.91 Å². The first-order valence-corrected chi connectivity index (χ1v) is 12.2. The maximum absolute atomic E-state index is 13.7. The highest BCUT2D eigenvalue weighted by atomic mass is 79.9. The summed E-state index contributed by atoms with van der Waals surface area (Å²) in [4.78, 5) is 33.3. The van der Waals surface area contributed by atoms with Crippen molar-refractivity contribution in [3.63, 3.8) is 0 Å². The zero-order chi connectivity index (χ0) is 22.7. The third-order valence-electron chi connectivity index (χ3n) is 6.24. The fraction of sp³-hybridized carbons (Fsp3) is 0.480. The van der Waals surface area contributed by atoms with E-state index in [1.165, 1.54) is 6.42 Å². The molecular formula is C25H30BrN3O3. The summed E-state index contributed by atoms with van der Waals surface area (Å²) in [6, 6.07) is 8.76. The summed E-state index contributed by atoms with van der Waals surface area (Å²) in [7, 11) is 0. The van der Waals surface area contributed by atoms with E-state index >= 15 is 0 Å². The molecule has 32 heavy (non-hydrogen) atoms. The Kier molecular flexibility index (Phi) is 7.13.